The van der Waals surface area contributed by atoms with Crippen LogP contribution < -0.4 is 4.74 Å². The number of benzene rings is 1. The Bertz CT molecular complexity index is 387. The van der Waals surface area contributed by atoms with E-state index >= 15 is 0 Å². The van der Waals surface area contributed by atoms with Crippen LogP contribution in [0.25, 0.3) is 0 Å². The third-order valence-corrected chi connectivity index (χ3v) is 2.78. The van der Waals surface area contributed by atoms with Crippen LogP contribution in [0.5, 0.6) is 5.75 Å². The molecule has 5 heteroatoms. The molecule has 1 radical (unpaired) electrons. The molecular weight excluding hydrogens is 332 g/mol. The maximum atomic E-state index is 12.1. The van der Waals surface area contributed by atoms with Gasteiger partial charge >= 0.3 is 6.36 Å². The highest BCUT2D eigenvalue weighted by Gasteiger charge is 2.32. The van der Waals surface area contributed by atoms with Gasteiger partial charge in [-0.1, -0.05) is 12.1 Å². The van der Waals surface area contributed by atoms with Crippen molar-refractivity contribution in [3.8, 4) is 5.75 Å². The first-order valence-corrected chi connectivity index (χ1v) is 5.42. The lowest BCUT2D eigenvalue weighted by atomic mass is 10.0. The maximum absolute atomic E-state index is 12.1. The number of hydrogen-bond donors (Lipinski definition) is 0. The molecule has 1 aromatic carbocycles. The Morgan fingerprint density at radius 2 is 2.00 bits per heavy atom. The van der Waals surface area contributed by atoms with Crippen LogP contribution in [0.4, 0.5) is 13.2 Å². The molecule has 1 rings (SSSR count). The molecule has 1 atom stereocenters. The maximum Gasteiger partial charge on any atom is 0.573 e. The molecular formula is C11H9F3IO. The van der Waals surface area contributed by atoms with Crippen molar-refractivity contribution in [2.24, 2.45) is 0 Å². The molecule has 1 nitrogen and oxygen atoms in total. The van der Waals surface area contributed by atoms with Crippen molar-refractivity contribution in [3.05, 3.63) is 46.9 Å². The van der Waals surface area contributed by atoms with Gasteiger partial charge in [-0.2, -0.15) is 0 Å². The van der Waals surface area contributed by atoms with Gasteiger partial charge in [-0.15, -0.1) is 19.8 Å². The summed E-state index contributed by atoms with van der Waals surface area (Å²) in [4.78, 5) is 0. The Hall–Kier alpha value is -0.720. The lowest BCUT2D eigenvalue weighted by Crippen LogP contribution is -2.18. The van der Waals surface area contributed by atoms with Gasteiger partial charge in [-0.3, -0.25) is 0 Å². The first-order chi connectivity index (χ1) is 7.33. The van der Waals surface area contributed by atoms with Crippen LogP contribution in [0.1, 0.15) is 11.5 Å². The molecule has 0 aliphatic rings. The summed E-state index contributed by atoms with van der Waals surface area (Å²) in [5.41, 5.74) is 0.634. The van der Waals surface area contributed by atoms with Crippen molar-refractivity contribution in [2.45, 2.75) is 12.3 Å². The summed E-state index contributed by atoms with van der Waals surface area (Å²) < 4.78 is 40.5. The lowest BCUT2D eigenvalue weighted by molar-refractivity contribution is -0.275. The minimum absolute atomic E-state index is 0.207. The van der Waals surface area contributed by atoms with Gasteiger partial charge in [0, 0.05) is 5.92 Å². The van der Waals surface area contributed by atoms with Gasteiger partial charge in [0.25, 0.3) is 0 Å². The topological polar surface area (TPSA) is 9.23 Å². The number of allylic oxidation sites excluding steroid dienone is 1. The molecule has 0 aliphatic carbocycles. The van der Waals surface area contributed by atoms with Gasteiger partial charge in [0.1, 0.15) is 5.75 Å². The molecule has 0 fully saturated rings. The second kappa shape index (κ2) is 5.07. The summed E-state index contributed by atoms with van der Waals surface area (Å²) in [7, 11) is 0. The highest BCUT2D eigenvalue weighted by molar-refractivity contribution is 14.1. The Morgan fingerprint density at radius 3 is 2.50 bits per heavy atom. The van der Waals surface area contributed by atoms with Crippen molar-refractivity contribution < 1.29 is 17.9 Å². The van der Waals surface area contributed by atoms with E-state index in [1.54, 1.807) is 40.8 Å². The zero-order valence-corrected chi connectivity index (χ0v) is 10.4. The highest BCUT2D eigenvalue weighted by atomic mass is 127. The van der Waals surface area contributed by atoms with Gasteiger partial charge < -0.3 is 4.74 Å². The zero-order valence-electron chi connectivity index (χ0n) is 8.22. The highest BCUT2D eigenvalue weighted by Crippen LogP contribution is 2.30. The van der Waals surface area contributed by atoms with Crippen molar-refractivity contribution in [1.82, 2.24) is 0 Å². The number of ether oxygens (including phenoxy) is 1. The number of rotatable bonds is 3. The second-order valence-corrected chi connectivity index (χ2v) is 4.24. The van der Waals surface area contributed by atoms with Crippen molar-refractivity contribution in [3.63, 3.8) is 0 Å². The third kappa shape index (κ3) is 3.70. The Balaban J connectivity index is 3.04. The average molecular weight is 341 g/mol. The molecule has 1 unspecified atom stereocenters. The van der Waals surface area contributed by atoms with Gasteiger partial charge in [0.15, 0.2) is 0 Å². The summed E-state index contributed by atoms with van der Waals surface area (Å²) in [6, 6.07) is 4.58. The molecule has 0 aliphatic heterocycles. The van der Waals surface area contributed by atoms with E-state index < -0.39 is 6.36 Å². The fraction of sp³-hybridized carbons (Fsp3) is 0.182. The van der Waals surface area contributed by atoms with Crippen molar-refractivity contribution >= 4 is 22.6 Å². The van der Waals surface area contributed by atoms with E-state index in [1.807, 2.05) is 0 Å². The summed E-state index contributed by atoms with van der Waals surface area (Å²) in [5.74, 6) is -0.464. The SMILES string of the molecule is [CH2]C(C=C)c1ccc(I)c(OC(F)(F)F)c1. The van der Waals surface area contributed by atoms with Gasteiger partial charge in [-0.25, -0.2) is 0 Å². The molecule has 0 saturated carbocycles. The molecule has 0 N–H and O–H groups in total. The van der Waals surface area contributed by atoms with Crippen LogP contribution in [-0.2, 0) is 0 Å². The predicted octanol–water partition coefficient (Wildman–Crippen LogP) is 4.29. The average Bonchev–Trinajstić information content (AvgIpc) is 2.18. The third-order valence-electron chi connectivity index (χ3n) is 1.89. The summed E-state index contributed by atoms with van der Waals surface area (Å²) in [6.45, 7) is 7.27. The molecule has 0 amide bonds. The van der Waals surface area contributed by atoms with Gasteiger partial charge in [0.05, 0.1) is 3.57 Å². The molecule has 0 bridgehead atoms. The largest absolute Gasteiger partial charge is 0.573 e. The van der Waals surface area contributed by atoms with Crippen LogP contribution in [0.2, 0.25) is 0 Å². The normalized spacial score (nSPS) is 13.3. The quantitative estimate of drug-likeness (QED) is 0.589. The molecule has 0 heterocycles. The van der Waals surface area contributed by atoms with E-state index in [2.05, 4.69) is 18.2 Å². The van der Waals surface area contributed by atoms with Crippen LogP contribution in [0.3, 0.4) is 0 Å². The van der Waals surface area contributed by atoms with E-state index in [0.717, 1.165) is 0 Å². The Morgan fingerprint density at radius 1 is 1.38 bits per heavy atom. The molecule has 1 aromatic rings. The fourth-order valence-corrected chi connectivity index (χ4v) is 1.54. The van der Waals surface area contributed by atoms with E-state index in [0.29, 0.717) is 9.13 Å². The van der Waals surface area contributed by atoms with E-state index in [9.17, 15) is 13.2 Å². The molecule has 87 valence electrons. The van der Waals surface area contributed by atoms with E-state index in [-0.39, 0.29) is 11.7 Å². The summed E-state index contributed by atoms with van der Waals surface area (Å²) >= 11 is 1.78. The Kier molecular flexibility index (Phi) is 4.23. The van der Waals surface area contributed by atoms with Gasteiger partial charge in [0.2, 0.25) is 0 Å². The van der Waals surface area contributed by atoms with Crippen LogP contribution in [0, 0.1) is 10.5 Å². The minimum atomic E-state index is -4.68. The Labute approximate surface area is 105 Å². The molecule has 0 saturated heterocycles. The number of halogens is 4. The monoisotopic (exact) mass is 341 g/mol. The smallest absolute Gasteiger partial charge is 0.405 e. The van der Waals surface area contributed by atoms with Crippen molar-refractivity contribution in [1.29, 1.82) is 0 Å². The lowest BCUT2D eigenvalue weighted by Gasteiger charge is -2.13. The first kappa shape index (κ1) is 13.3. The molecule has 0 spiro atoms. The number of hydrogen-bond acceptors (Lipinski definition) is 1. The van der Waals surface area contributed by atoms with Crippen LogP contribution in [0.15, 0.2) is 30.9 Å². The summed E-state index contributed by atoms with van der Waals surface area (Å²) in [5, 5.41) is 0. The predicted molar refractivity (Wildman–Crippen MR) is 64.1 cm³/mol. The number of alkyl halides is 3. The van der Waals surface area contributed by atoms with Crippen molar-refractivity contribution in [2.75, 3.05) is 0 Å². The zero-order chi connectivity index (χ0) is 12.3. The van der Waals surface area contributed by atoms with Crippen LogP contribution >= 0.6 is 22.6 Å². The second-order valence-electron chi connectivity index (χ2n) is 3.08. The van der Waals surface area contributed by atoms with E-state index in [1.165, 1.54) is 6.07 Å². The van der Waals surface area contributed by atoms with Crippen LogP contribution in [-0.4, -0.2) is 6.36 Å². The van der Waals surface area contributed by atoms with Gasteiger partial charge in [-0.05, 0) is 47.2 Å². The standard InChI is InChI=1S/C11H9F3IO/c1-3-7(2)8-4-5-9(15)10(6-8)16-11(12,13)14/h3-7H,1-2H2. The summed E-state index contributed by atoms with van der Waals surface area (Å²) in [6.07, 6.45) is -3.12. The minimum Gasteiger partial charge on any atom is -0.405 e. The van der Waals surface area contributed by atoms with E-state index in [4.69, 9.17) is 0 Å². The first-order valence-electron chi connectivity index (χ1n) is 4.34. The fourth-order valence-electron chi connectivity index (χ4n) is 1.09. The molecule has 0 aromatic heterocycles. The molecule has 16 heavy (non-hydrogen) atoms.